The molecular weight excluding hydrogens is 410 g/mol. The van der Waals surface area contributed by atoms with Gasteiger partial charge in [0.1, 0.15) is 5.69 Å². The average Bonchev–Trinajstić information content (AvgIpc) is 2.63. The zero-order valence-corrected chi connectivity index (χ0v) is 14.9. The van der Waals surface area contributed by atoms with E-state index in [0.717, 1.165) is 4.90 Å². The van der Waals surface area contributed by atoms with Gasteiger partial charge in [-0.05, 0) is 30.9 Å². The van der Waals surface area contributed by atoms with Crippen LogP contribution in [0.3, 0.4) is 0 Å². The Balaban J connectivity index is 1.84. The highest BCUT2D eigenvalue weighted by atomic mass is 19.4. The summed E-state index contributed by atoms with van der Waals surface area (Å²) in [5.41, 5.74) is 5.78. The first-order valence-electron chi connectivity index (χ1n) is 8.46. The highest BCUT2D eigenvalue weighted by Gasteiger charge is 2.60. The smallest absolute Gasteiger partial charge is 0.426 e. The van der Waals surface area contributed by atoms with Gasteiger partial charge in [-0.25, -0.2) is 4.79 Å². The number of piperidine rings is 1. The van der Waals surface area contributed by atoms with Crippen molar-refractivity contribution in [3.05, 3.63) is 24.0 Å². The zero-order valence-electron chi connectivity index (χ0n) is 14.9. The summed E-state index contributed by atoms with van der Waals surface area (Å²) in [4.78, 5) is 27.4. The van der Waals surface area contributed by atoms with Crippen LogP contribution in [0.4, 0.5) is 36.8 Å². The summed E-state index contributed by atoms with van der Waals surface area (Å²) >= 11 is 0. The third kappa shape index (κ3) is 6.39. The molecule has 1 aliphatic rings. The summed E-state index contributed by atoms with van der Waals surface area (Å²) in [5, 5.41) is 3.05. The first-order valence-corrected chi connectivity index (χ1v) is 8.46. The standard InChI is InChI=1S/C16H18F6N4O3/c17-15(18,19)13(16(20,21)22)29-14(28)26-5-2-9(3-6-26)8-25-10-1-4-24-11(7-10)12(23)27/h1,4,7,9,13H,2-3,5-6,8H2,(H2,23,27)(H,24,25). The Morgan fingerprint density at radius 2 is 1.79 bits per heavy atom. The Kier molecular flexibility index (Phi) is 6.80. The minimum atomic E-state index is -5.75. The number of carbonyl (C=O) groups excluding carboxylic acids is 2. The monoisotopic (exact) mass is 428 g/mol. The van der Waals surface area contributed by atoms with E-state index in [0.29, 0.717) is 25.1 Å². The third-order valence-corrected chi connectivity index (χ3v) is 4.29. The van der Waals surface area contributed by atoms with E-state index in [9.17, 15) is 35.9 Å². The first-order chi connectivity index (χ1) is 13.4. The summed E-state index contributed by atoms with van der Waals surface area (Å²) in [6, 6.07) is 3.05. The van der Waals surface area contributed by atoms with Crippen LogP contribution in [0, 0.1) is 5.92 Å². The van der Waals surface area contributed by atoms with Crippen LogP contribution in [0.25, 0.3) is 0 Å². The maximum Gasteiger partial charge on any atom is 0.434 e. The summed E-state index contributed by atoms with van der Waals surface area (Å²) in [5.74, 6) is -0.693. The number of hydrogen-bond acceptors (Lipinski definition) is 5. The van der Waals surface area contributed by atoms with Crippen molar-refractivity contribution in [2.75, 3.05) is 25.0 Å². The first kappa shape index (κ1) is 22.6. The molecule has 162 valence electrons. The topological polar surface area (TPSA) is 97.6 Å². The van der Waals surface area contributed by atoms with Gasteiger partial charge >= 0.3 is 18.4 Å². The van der Waals surface area contributed by atoms with E-state index in [2.05, 4.69) is 15.0 Å². The summed E-state index contributed by atoms with van der Waals surface area (Å²) in [6.45, 7) is 0.325. The van der Waals surface area contributed by atoms with Gasteiger partial charge in [0, 0.05) is 31.5 Å². The number of ether oxygens (including phenoxy) is 1. The molecule has 0 spiro atoms. The number of hydrogen-bond donors (Lipinski definition) is 2. The van der Waals surface area contributed by atoms with Crippen molar-refractivity contribution in [3.8, 4) is 0 Å². The SMILES string of the molecule is NC(=O)c1cc(NCC2CCN(C(=O)OC(C(F)(F)F)C(F)(F)F)CC2)ccn1. The number of nitrogens with zero attached hydrogens (tertiary/aromatic N) is 2. The lowest BCUT2D eigenvalue weighted by atomic mass is 9.97. The van der Waals surface area contributed by atoms with Crippen LogP contribution in [-0.4, -0.2) is 60.0 Å². The molecule has 1 fully saturated rings. The van der Waals surface area contributed by atoms with Crippen molar-refractivity contribution in [2.24, 2.45) is 11.7 Å². The maximum absolute atomic E-state index is 12.5. The Labute approximate surface area is 161 Å². The van der Waals surface area contributed by atoms with E-state index in [1.807, 2.05) is 0 Å². The van der Waals surface area contributed by atoms with Gasteiger partial charge in [0.15, 0.2) is 0 Å². The lowest BCUT2D eigenvalue weighted by Gasteiger charge is -2.33. The number of likely N-dealkylation sites (tertiary alicyclic amines) is 1. The molecule has 2 rings (SSSR count). The fourth-order valence-electron chi connectivity index (χ4n) is 2.75. The summed E-state index contributed by atoms with van der Waals surface area (Å²) in [7, 11) is 0. The number of rotatable bonds is 5. The van der Waals surface area contributed by atoms with Crippen LogP contribution < -0.4 is 11.1 Å². The molecule has 0 aromatic carbocycles. The Morgan fingerprint density at radius 3 is 2.31 bits per heavy atom. The molecule has 3 N–H and O–H groups in total. The molecule has 2 heterocycles. The Hall–Kier alpha value is -2.73. The highest BCUT2D eigenvalue weighted by Crippen LogP contribution is 2.36. The molecule has 2 amide bonds. The van der Waals surface area contributed by atoms with Gasteiger partial charge in [-0.1, -0.05) is 0 Å². The van der Waals surface area contributed by atoms with Crippen molar-refractivity contribution < 1.29 is 40.7 Å². The molecule has 29 heavy (non-hydrogen) atoms. The number of nitrogens with one attached hydrogen (secondary N) is 1. The van der Waals surface area contributed by atoms with E-state index >= 15 is 0 Å². The van der Waals surface area contributed by atoms with Crippen molar-refractivity contribution in [1.29, 1.82) is 0 Å². The molecule has 0 aliphatic carbocycles. The van der Waals surface area contributed by atoms with Crippen LogP contribution in [0.1, 0.15) is 23.3 Å². The van der Waals surface area contributed by atoms with Crippen molar-refractivity contribution in [3.63, 3.8) is 0 Å². The number of nitrogens with two attached hydrogens (primary N) is 1. The highest BCUT2D eigenvalue weighted by molar-refractivity contribution is 5.91. The van der Waals surface area contributed by atoms with Crippen LogP contribution >= 0.6 is 0 Å². The lowest BCUT2D eigenvalue weighted by molar-refractivity contribution is -0.308. The number of anilines is 1. The second-order valence-electron chi connectivity index (χ2n) is 6.45. The summed E-state index contributed by atoms with van der Waals surface area (Å²) < 4.78 is 78.6. The normalized spacial score (nSPS) is 16.0. The quantitative estimate of drug-likeness (QED) is 0.703. The number of alkyl halides is 6. The molecule has 7 nitrogen and oxygen atoms in total. The molecule has 0 bridgehead atoms. The van der Waals surface area contributed by atoms with Gasteiger partial charge in [0.2, 0.25) is 0 Å². The van der Waals surface area contributed by atoms with Crippen LogP contribution in [-0.2, 0) is 4.74 Å². The van der Waals surface area contributed by atoms with Crippen molar-refractivity contribution in [2.45, 2.75) is 31.3 Å². The fraction of sp³-hybridized carbons (Fsp3) is 0.562. The Bertz CT molecular complexity index is 718. The lowest BCUT2D eigenvalue weighted by Crippen LogP contribution is -2.49. The average molecular weight is 428 g/mol. The number of amides is 2. The van der Waals surface area contributed by atoms with Crippen LogP contribution in [0.15, 0.2) is 18.3 Å². The fourth-order valence-corrected chi connectivity index (χ4v) is 2.75. The number of primary amides is 1. The van der Waals surface area contributed by atoms with Gasteiger partial charge in [0.05, 0.1) is 0 Å². The molecule has 0 radical (unpaired) electrons. The molecule has 0 saturated carbocycles. The molecule has 0 unspecified atom stereocenters. The summed E-state index contributed by atoms with van der Waals surface area (Å²) in [6.07, 6.45) is -15.2. The molecule has 1 aliphatic heterocycles. The molecule has 1 aromatic heterocycles. The van der Waals surface area contributed by atoms with E-state index in [-0.39, 0.29) is 24.7 Å². The van der Waals surface area contributed by atoms with Crippen molar-refractivity contribution >= 4 is 17.7 Å². The number of pyridine rings is 1. The van der Waals surface area contributed by atoms with E-state index in [1.54, 1.807) is 6.07 Å². The molecule has 1 aromatic rings. The molecule has 0 atom stereocenters. The number of aromatic nitrogens is 1. The molecular formula is C16H18F6N4O3. The van der Waals surface area contributed by atoms with Crippen LogP contribution in [0.5, 0.6) is 0 Å². The predicted molar refractivity (Wildman–Crippen MR) is 87.9 cm³/mol. The van der Waals surface area contributed by atoms with E-state index in [1.165, 1.54) is 12.3 Å². The maximum atomic E-state index is 12.5. The van der Waals surface area contributed by atoms with E-state index in [4.69, 9.17) is 5.73 Å². The Morgan fingerprint density at radius 1 is 1.21 bits per heavy atom. The minimum Gasteiger partial charge on any atom is -0.426 e. The molecule has 1 saturated heterocycles. The minimum absolute atomic E-state index is 0.00488. The van der Waals surface area contributed by atoms with Gasteiger partial charge < -0.3 is 20.7 Å². The molecule has 13 heteroatoms. The predicted octanol–water partition coefficient (Wildman–Crippen LogP) is 2.93. The van der Waals surface area contributed by atoms with Gasteiger partial charge in [0.25, 0.3) is 12.0 Å². The van der Waals surface area contributed by atoms with E-state index < -0.39 is 30.5 Å². The van der Waals surface area contributed by atoms with Crippen molar-refractivity contribution in [1.82, 2.24) is 9.88 Å². The van der Waals surface area contributed by atoms with Gasteiger partial charge in [-0.3, -0.25) is 9.78 Å². The third-order valence-electron chi connectivity index (χ3n) is 4.29. The van der Waals surface area contributed by atoms with Crippen LogP contribution in [0.2, 0.25) is 0 Å². The van der Waals surface area contributed by atoms with Gasteiger partial charge in [-0.15, -0.1) is 0 Å². The second kappa shape index (κ2) is 8.74. The largest absolute Gasteiger partial charge is 0.434 e. The number of halogens is 6. The second-order valence-corrected chi connectivity index (χ2v) is 6.45. The number of carbonyl (C=O) groups is 2. The zero-order chi connectivity index (χ0) is 21.8. The van der Waals surface area contributed by atoms with Gasteiger partial charge in [-0.2, -0.15) is 26.3 Å².